The van der Waals surface area contributed by atoms with Crippen molar-refractivity contribution in [1.29, 1.82) is 0 Å². The van der Waals surface area contributed by atoms with Gasteiger partial charge in [-0.25, -0.2) is 4.98 Å². The quantitative estimate of drug-likeness (QED) is 0.920. The summed E-state index contributed by atoms with van der Waals surface area (Å²) in [5.74, 6) is 1.67. The van der Waals surface area contributed by atoms with E-state index in [9.17, 15) is 0 Å². The maximum absolute atomic E-state index is 9.12. The Morgan fingerprint density at radius 1 is 1.35 bits per heavy atom. The van der Waals surface area contributed by atoms with Crippen LogP contribution in [0.1, 0.15) is 30.0 Å². The Bertz CT molecular complexity index is 646. The summed E-state index contributed by atoms with van der Waals surface area (Å²) in [4.78, 5) is 11.2. The van der Waals surface area contributed by atoms with Gasteiger partial charge < -0.3 is 14.7 Å². The largest absolute Gasteiger partial charge is 0.437 e. The number of benzene rings is 1. The second-order valence-electron chi connectivity index (χ2n) is 6.06. The van der Waals surface area contributed by atoms with Crippen molar-refractivity contribution in [3.05, 3.63) is 47.9 Å². The Hall–Kier alpha value is -1.98. The lowest BCUT2D eigenvalue weighted by Crippen LogP contribution is -2.36. The topological polar surface area (TPSA) is 58.5 Å². The highest BCUT2D eigenvalue weighted by molar-refractivity contribution is 5.30. The summed E-state index contributed by atoms with van der Waals surface area (Å²) in [6.07, 6.45) is 5.70. The van der Waals surface area contributed by atoms with Crippen molar-refractivity contribution < 1.29 is 9.84 Å². The lowest BCUT2D eigenvalue weighted by molar-refractivity contribution is 0.160. The summed E-state index contributed by atoms with van der Waals surface area (Å²) >= 11 is 0. The van der Waals surface area contributed by atoms with Gasteiger partial charge in [0.25, 0.3) is 0 Å². The van der Waals surface area contributed by atoms with E-state index in [0.717, 1.165) is 49.5 Å². The fourth-order valence-electron chi connectivity index (χ4n) is 3.05. The molecule has 3 rings (SSSR count). The molecule has 0 spiro atoms. The Kier molecular flexibility index (Phi) is 5.20. The molecule has 0 amide bonds. The van der Waals surface area contributed by atoms with Gasteiger partial charge in [0, 0.05) is 25.2 Å². The standard InChI is InChI=1S/C18H23N3O2/c1-14-4-2-6-16(10-14)23-18-12-19-11-17(20-18)15-5-3-7-21(13-15)8-9-22/h2,4,6,10-12,15,22H,3,5,7-9,13H2,1H3. The molecule has 1 atom stereocenters. The Balaban J connectivity index is 1.72. The van der Waals surface area contributed by atoms with Crippen molar-refractivity contribution in [2.24, 2.45) is 0 Å². The van der Waals surface area contributed by atoms with Gasteiger partial charge >= 0.3 is 0 Å². The third-order valence-corrected chi connectivity index (χ3v) is 4.18. The number of hydrogen-bond donors (Lipinski definition) is 1. The molecule has 0 aliphatic carbocycles. The number of aliphatic hydroxyl groups excluding tert-OH is 1. The van der Waals surface area contributed by atoms with Gasteiger partial charge in [-0.1, -0.05) is 12.1 Å². The number of aryl methyl sites for hydroxylation is 1. The third kappa shape index (κ3) is 4.27. The molecule has 2 aromatic rings. The van der Waals surface area contributed by atoms with Crippen LogP contribution in [0.3, 0.4) is 0 Å². The SMILES string of the molecule is Cc1cccc(Oc2cncc(C3CCCN(CCO)C3)n2)c1. The summed E-state index contributed by atoms with van der Waals surface area (Å²) in [6.45, 7) is 4.93. The number of rotatable bonds is 5. The van der Waals surface area contributed by atoms with Crippen molar-refractivity contribution in [3.8, 4) is 11.6 Å². The van der Waals surface area contributed by atoms with E-state index >= 15 is 0 Å². The molecular formula is C18H23N3O2. The van der Waals surface area contributed by atoms with Crippen LogP contribution in [-0.4, -0.2) is 46.2 Å². The van der Waals surface area contributed by atoms with E-state index in [2.05, 4.69) is 14.9 Å². The number of aromatic nitrogens is 2. The highest BCUT2D eigenvalue weighted by atomic mass is 16.5. The molecule has 5 heteroatoms. The van der Waals surface area contributed by atoms with E-state index in [4.69, 9.17) is 9.84 Å². The first-order valence-corrected chi connectivity index (χ1v) is 8.14. The summed E-state index contributed by atoms with van der Waals surface area (Å²) in [7, 11) is 0. The highest BCUT2D eigenvalue weighted by Gasteiger charge is 2.22. The number of nitrogens with zero attached hydrogens (tertiary/aromatic N) is 3. The summed E-state index contributed by atoms with van der Waals surface area (Å²) < 4.78 is 5.84. The molecule has 1 saturated heterocycles. The van der Waals surface area contributed by atoms with Crippen molar-refractivity contribution in [3.63, 3.8) is 0 Å². The third-order valence-electron chi connectivity index (χ3n) is 4.18. The first kappa shape index (κ1) is 15.9. The van der Waals surface area contributed by atoms with Gasteiger partial charge in [-0.15, -0.1) is 0 Å². The molecule has 1 aliphatic rings. The van der Waals surface area contributed by atoms with E-state index in [1.807, 2.05) is 37.4 Å². The van der Waals surface area contributed by atoms with Gasteiger partial charge in [0.05, 0.1) is 18.5 Å². The number of hydrogen-bond acceptors (Lipinski definition) is 5. The molecule has 0 saturated carbocycles. The van der Waals surface area contributed by atoms with E-state index in [1.54, 1.807) is 6.20 Å². The predicted molar refractivity (Wildman–Crippen MR) is 88.8 cm³/mol. The molecule has 1 N–H and O–H groups in total. The second-order valence-corrected chi connectivity index (χ2v) is 6.06. The molecule has 1 aliphatic heterocycles. The van der Waals surface area contributed by atoms with Gasteiger partial charge in [0.1, 0.15) is 5.75 Å². The summed E-state index contributed by atoms with van der Waals surface area (Å²) in [5.41, 5.74) is 2.12. The Labute approximate surface area is 137 Å². The van der Waals surface area contributed by atoms with Gasteiger partial charge in [-0.2, -0.15) is 0 Å². The minimum Gasteiger partial charge on any atom is -0.437 e. The van der Waals surface area contributed by atoms with Crippen LogP contribution in [0.15, 0.2) is 36.7 Å². The minimum atomic E-state index is 0.203. The zero-order chi connectivity index (χ0) is 16.1. The molecule has 122 valence electrons. The Morgan fingerprint density at radius 3 is 3.09 bits per heavy atom. The maximum Gasteiger partial charge on any atom is 0.238 e. The molecule has 2 heterocycles. The van der Waals surface area contributed by atoms with E-state index in [1.165, 1.54) is 0 Å². The van der Waals surface area contributed by atoms with Crippen molar-refractivity contribution in [1.82, 2.24) is 14.9 Å². The van der Waals surface area contributed by atoms with E-state index in [0.29, 0.717) is 11.8 Å². The molecule has 1 aromatic heterocycles. The van der Waals surface area contributed by atoms with E-state index in [-0.39, 0.29) is 6.61 Å². The van der Waals surface area contributed by atoms with Crippen molar-refractivity contribution in [2.45, 2.75) is 25.7 Å². The van der Waals surface area contributed by atoms with Crippen LogP contribution in [0.4, 0.5) is 0 Å². The molecule has 1 unspecified atom stereocenters. The van der Waals surface area contributed by atoms with Gasteiger partial charge in [-0.05, 0) is 44.0 Å². The maximum atomic E-state index is 9.12. The average molecular weight is 313 g/mol. The molecule has 0 radical (unpaired) electrons. The lowest BCUT2D eigenvalue weighted by Gasteiger charge is -2.31. The Morgan fingerprint density at radius 2 is 2.26 bits per heavy atom. The molecule has 0 bridgehead atoms. The van der Waals surface area contributed by atoms with Crippen LogP contribution in [0, 0.1) is 6.92 Å². The summed E-state index contributed by atoms with van der Waals surface area (Å²) in [6, 6.07) is 7.91. The molecule has 23 heavy (non-hydrogen) atoms. The van der Waals surface area contributed by atoms with Crippen LogP contribution < -0.4 is 4.74 Å². The predicted octanol–water partition coefficient (Wildman–Crippen LogP) is 2.75. The molecule has 5 nitrogen and oxygen atoms in total. The fourth-order valence-corrected chi connectivity index (χ4v) is 3.05. The molecular weight excluding hydrogens is 290 g/mol. The van der Waals surface area contributed by atoms with Gasteiger partial charge in [0.2, 0.25) is 5.88 Å². The van der Waals surface area contributed by atoms with Crippen LogP contribution in [-0.2, 0) is 0 Å². The zero-order valence-corrected chi connectivity index (χ0v) is 13.5. The lowest BCUT2D eigenvalue weighted by atomic mass is 9.95. The number of likely N-dealkylation sites (tertiary alicyclic amines) is 1. The zero-order valence-electron chi connectivity index (χ0n) is 13.5. The fraction of sp³-hybridized carbons (Fsp3) is 0.444. The smallest absolute Gasteiger partial charge is 0.238 e. The van der Waals surface area contributed by atoms with Gasteiger partial charge in [-0.3, -0.25) is 4.98 Å². The van der Waals surface area contributed by atoms with Crippen LogP contribution in [0.2, 0.25) is 0 Å². The first-order chi connectivity index (χ1) is 11.2. The van der Waals surface area contributed by atoms with Crippen LogP contribution in [0.25, 0.3) is 0 Å². The number of ether oxygens (including phenoxy) is 1. The number of β-amino-alcohol motifs (C(OH)–C–C–N with tert-alkyl or cyclic N) is 1. The monoisotopic (exact) mass is 313 g/mol. The average Bonchev–Trinajstić information content (AvgIpc) is 2.56. The van der Waals surface area contributed by atoms with Crippen LogP contribution >= 0.6 is 0 Å². The molecule has 1 fully saturated rings. The first-order valence-electron chi connectivity index (χ1n) is 8.14. The highest BCUT2D eigenvalue weighted by Crippen LogP contribution is 2.27. The molecule has 1 aromatic carbocycles. The normalized spacial score (nSPS) is 18.8. The van der Waals surface area contributed by atoms with Crippen molar-refractivity contribution >= 4 is 0 Å². The minimum absolute atomic E-state index is 0.203. The van der Waals surface area contributed by atoms with Crippen molar-refractivity contribution in [2.75, 3.05) is 26.2 Å². The van der Waals surface area contributed by atoms with Crippen LogP contribution in [0.5, 0.6) is 11.6 Å². The van der Waals surface area contributed by atoms with E-state index < -0.39 is 0 Å². The number of piperidine rings is 1. The van der Waals surface area contributed by atoms with Gasteiger partial charge in [0.15, 0.2) is 0 Å². The second kappa shape index (κ2) is 7.53. The summed E-state index contributed by atoms with van der Waals surface area (Å²) in [5, 5.41) is 9.12. The number of aliphatic hydroxyl groups is 1.